The lowest BCUT2D eigenvalue weighted by molar-refractivity contribution is -0.384. The lowest BCUT2D eigenvalue weighted by atomic mass is 9.83. The average Bonchev–Trinajstić information content (AvgIpc) is 2.76. The van der Waals surface area contributed by atoms with E-state index in [9.17, 15) is 19.7 Å². The van der Waals surface area contributed by atoms with Crippen LogP contribution in [0.4, 0.5) is 5.69 Å². The summed E-state index contributed by atoms with van der Waals surface area (Å²) in [5.41, 5.74) is 2.50. The number of nitriles is 1. The summed E-state index contributed by atoms with van der Waals surface area (Å²) in [5, 5.41) is 20.1. The number of carbonyl (C=O) groups excluding carboxylic acids is 2. The van der Waals surface area contributed by atoms with Gasteiger partial charge in [0.25, 0.3) is 5.69 Å². The number of carbonyl (C=O) groups is 2. The van der Waals surface area contributed by atoms with E-state index in [0.29, 0.717) is 22.4 Å². The van der Waals surface area contributed by atoms with Crippen LogP contribution in [-0.2, 0) is 20.9 Å². The van der Waals surface area contributed by atoms with E-state index in [0.717, 1.165) is 5.56 Å². The Bertz CT molecular complexity index is 1100. The van der Waals surface area contributed by atoms with Crippen LogP contribution in [-0.4, -0.2) is 28.3 Å². The van der Waals surface area contributed by atoms with Crippen molar-refractivity contribution in [2.45, 2.75) is 32.7 Å². The first-order chi connectivity index (χ1) is 14.8. The molecule has 0 radical (unpaired) electrons. The second-order valence-electron chi connectivity index (χ2n) is 7.12. The van der Waals surface area contributed by atoms with Crippen molar-refractivity contribution in [2.24, 2.45) is 0 Å². The second kappa shape index (κ2) is 9.22. The van der Waals surface area contributed by atoms with Gasteiger partial charge in [0.2, 0.25) is 5.91 Å². The Morgan fingerprint density at radius 1 is 1.29 bits per heavy atom. The molecule has 0 N–H and O–H groups in total. The minimum atomic E-state index is -0.635. The van der Waals surface area contributed by atoms with E-state index < -0.39 is 16.8 Å². The number of rotatable bonds is 6. The zero-order chi connectivity index (χ0) is 22.5. The van der Waals surface area contributed by atoms with Crippen LogP contribution < -0.4 is 0 Å². The molecule has 0 aromatic heterocycles. The number of hydrogen-bond donors (Lipinski definition) is 0. The molecule has 1 amide bonds. The van der Waals surface area contributed by atoms with Gasteiger partial charge in [-0.15, -0.1) is 0 Å². The van der Waals surface area contributed by atoms with Gasteiger partial charge in [-0.25, -0.2) is 4.79 Å². The number of amides is 1. The molecule has 8 heteroatoms. The standard InChI is InChI=1S/C23H21N3O5/c1-3-31-23(28)22-15(2)25(14-17-9-7-16(13-24)8-10-17)21(27)12-20(22)18-5-4-6-19(11-18)26(29)30/h4-11,20H,3,12,14H2,1-2H3. The van der Waals surface area contributed by atoms with Gasteiger partial charge in [0.05, 0.1) is 35.3 Å². The molecule has 0 fully saturated rings. The first-order valence-corrected chi connectivity index (χ1v) is 9.77. The first-order valence-electron chi connectivity index (χ1n) is 9.77. The maximum Gasteiger partial charge on any atom is 0.336 e. The van der Waals surface area contributed by atoms with E-state index in [1.807, 2.05) is 6.07 Å². The van der Waals surface area contributed by atoms with Crippen molar-refractivity contribution in [2.75, 3.05) is 6.61 Å². The van der Waals surface area contributed by atoms with Crippen LogP contribution in [0.5, 0.6) is 0 Å². The zero-order valence-electron chi connectivity index (χ0n) is 17.2. The summed E-state index contributed by atoms with van der Waals surface area (Å²) in [5.74, 6) is -1.39. The summed E-state index contributed by atoms with van der Waals surface area (Å²) in [6.07, 6.45) is -0.0110. The highest BCUT2D eigenvalue weighted by atomic mass is 16.6. The smallest absolute Gasteiger partial charge is 0.336 e. The van der Waals surface area contributed by atoms with Crippen molar-refractivity contribution in [3.05, 3.63) is 86.6 Å². The Morgan fingerprint density at radius 2 is 2.00 bits per heavy atom. The minimum Gasteiger partial charge on any atom is -0.463 e. The fourth-order valence-electron chi connectivity index (χ4n) is 3.68. The highest BCUT2D eigenvalue weighted by Crippen LogP contribution is 2.38. The minimum absolute atomic E-state index is 0.0110. The average molecular weight is 419 g/mol. The Kier molecular flexibility index (Phi) is 6.46. The lowest BCUT2D eigenvalue weighted by Gasteiger charge is -2.34. The van der Waals surface area contributed by atoms with Gasteiger partial charge in [-0.2, -0.15) is 5.26 Å². The predicted octanol–water partition coefficient (Wildman–Crippen LogP) is 3.82. The highest BCUT2D eigenvalue weighted by Gasteiger charge is 2.37. The molecule has 1 unspecified atom stereocenters. The van der Waals surface area contributed by atoms with Gasteiger partial charge in [-0.05, 0) is 37.1 Å². The Labute approximate surface area is 179 Å². The topological polar surface area (TPSA) is 114 Å². The molecule has 0 spiro atoms. The van der Waals surface area contributed by atoms with Gasteiger partial charge in [0, 0.05) is 30.2 Å². The quantitative estimate of drug-likeness (QED) is 0.399. The lowest BCUT2D eigenvalue weighted by Crippen LogP contribution is -2.38. The fourth-order valence-corrected chi connectivity index (χ4v) is 3.68. The third-order valence-corrected chi connectivity index (χ3v) is 5.23. The van der Waals surface area contributed by atoms with Crippen LogP contribution in [0, 0.1) is 21.4 Å². The molecule has 1 atom stereocenters. The summed E-state index contributed by atoms with van der Waals surface area (Å²) in [6.45, 7) is 3.78. The van der Waals surface area contributed by atoms with Crippen LogP contribution in [0.1, 0.15) is 42.9 Å². The number of nitro benzene ring substituents is 1. The second-order valence-corrected chi connectivity index (χ2v) is 7.12. The largest absolute Gasteiger partial charge is 0.463 e. The molecule has 31 heavy (non-hydrogen) atoms. The van der Waals surface area contributed by atoms with E-state index in [1.54, 1.807) is 50.2 Å². The third-order valence-electron chi connectivity index (χ3n) is 5.23. The van der Waals surface area contributed by atoms with Crippen LogP contribution >= 0.6 is 0 Å². The van der Waals surface area contributed by atoms with E-state index in [1.165, 1.54) is 17.0 Å². The van der Waals surface area contributed by atoms with E-state index in [4.69, 9.17) is 10.00 Å². The summed E-state index contributed by atoms with van der Waals surface area (Å²) in [6, 6.07) is 14.9. The Hall–Kier alpha value is -3.99. The molecule has 1 aliphatic heterocycles. The molecule has 1 aliphatic rings. The number of ether oxygens (including phenoxy) is 1. The van der Waals surface area contributed by atoms with Crippen molar-refractivity contribution in [1.29, 1.82) is 5.26 Å². The molecule has 0 saturated heterocycles. The molecule has 2 aromatic rings. The number of allylic oxidation sites excluding steroid dienone is 1. The highest BCUT2D eigenvalue weighted by molar-refractivity contribution is 5.95. The summed E-state index contributed by atoms with van der Waals surface area (Å²) >= 11 is 0. The maximum atomic E-state index is 13.0. The normalized spacial score (nSPS) is 16.1. The van der Waals surface area contributed by atoms with Gasteiger partial charge in [-0.3, -0.25) is 14.9 Å². The van der Waals surface area contributed by atoms with Crippen LogP contribution in [0.2, 0.25) is 0 Å². The van der Waals surface area contributed by atoms with Gasteiger partial charge in [-0.1, -0.05) is 24.3 Å². The number of hydrogen-bond acceptors (Lipinski definition) is 6. The molecule has 0 aliphatic carbocycles. The van der Waals surface area contributed by atoms with E-state index >= 15 is 0 Å². The van der Waals surface area contributed by atoms with Crippen molar-refractivity contribution in [3.63, 3.8) is 0 Å². The number of esters is 1. The van der Waals surface area contributed by atoms with Crippen molar-refractivity contribution in [3.8, 4) is 6.07 Å². The Balaban J connectivity index is 2.03. The van der Waals surface area contributed by atoms with E-state index in [2.05, 4.69) is 0 Å². The van der Waals surface area contributed by atoms with Gasteiger partial charge >= 0.3 is 5.97 Å². The number of non-ortho nitro benzene ring substituents is 1. The summed E-state index contributed by atoms with van der Waals surface area (Å²) in [7, 11) is 0. The summed E-state index contributed by atoms with van der Waals surface area (Å²) < 4.78 is 5.24. The van der Waals surface area contributed by atoms with E-state index in [-0.39, 0.29) is 31.2 Å². The zero-order valence-corrected chi connectivity index (χ0v) is 17.2. The molecule has 0 saturated carbocycles. The molecule has 2 aromatic carbocycles. The number of nitro groups is 1. The van der Waals surface area contributed by atoms with Gasteiger partial charge < -0.3 is 9.64 Å². The summed E-state index contributed by atoms with van der Waals surface area (Å²) in [4.78, 5) is 38.0. The molecular weight excluding hydrogens is 398 g/mol. The van der Waals surface area contributed by atoms with Crippen LogP contribution in [0.3, 0.4) is 0 Å². The van der Waals surface area contributed by atoms with Crippen molar-refractivity contribution in [1.82, 2.24) is 4.90 Å². The molecule has 1 heterocycles. The van der Waals surface area contributed by atoms with Crippen molar-refractivity contribution >= 4 is 17.6 Å². The number of nitrogens with zero attached hydrogens (tertiary/aromatic N) is 3. The van der Waals surface area contributed by atoms with Crippen LogP contribution in [0.15, 0.2) is 59.8 Å². The SMILES string of the molecule is CCOC(=O)C1=C(C)N(Cc2ccc(C#N)cc2)C(=O)CC1c1cccc([N+](=O)[O-])c1. The molecular formula is C23H21N3O5. The molecule has 158 valence electrons. The van der Waals surface area contributed by atoms with Crippen molar-refractivity contribution < 1.29 is 19.2 Å². The first kappa shape index (κ1) is 21.7. The Morgan fingerprint density at radius 3 is 2.61 bits per heavy atom. The number of benzene rings is 2. The molecule has 8 nitrogen and oxygen atoms in total. The predicted molar refractivity (Wildman–Crippen MR) is 111 cm³/mol. The fraction of sp³-hybridized carbons (Fsp3) is 0.261. The monoisotopic (exact) mass is 419 g/mol. The molecule has 0 bridgehead atoms. The van der Waals surface area contributed by atoms with Gasteiger partial charge in [0.1, 0.15) is 0 Å². The molecule has 3 rings (SSSR count). The van der Waals surface area contributed by atoms with Crippen LogP contribution in [0.25, 0.3) is 0 Å². The maximum absolute atomic E-state index is 13.0. The van der Waals surface area contributed by atoms with Gasteiger partial charge in [0.15, 0.2) is 0 Å². The third kappa shape index (κ3) is 4.61.